The summed E-state index contributed by atoms with van der Waals surface area (Å²) in [5, 5.41) is 0. The summed E-state index contributed by atoms with van der Waals surface area (Å²) < 4.78 is 15.9. The molecular weight excluding hydrogens is 320 g/mol. The number of rotatable bonds is 8. The number of benzene rings is 1. The van der Waals surface area contributed by atoms with E-state index in [2.05, 4.69) is 0 Å². The quantitative estimate of drug-likeness (QED) is 0.675. The summed E-state index contributed by atoms with van der Waals surface area (Å²) in [5.74, 6) is 1.01. The Balaban J connectivity index is 2.29. The largest absolute Gasteiger partial charge is 0.498 e. The van der Waals surface area contributed by atoms with Crippen molar-refractivity contribution in [1.29, 1.82) is 0 Å². The van der Waals surface area contributed by atoms with Gasteiger partial charge in [0.1, 0.15) is 5.75 Å². The van der Waals surface area contributed by atoms with Gasteiger partial charge in [-0.15, -0.1) is 0 Å². The number of methoxy groups -OCH3 is 1. The maximum atomic E-state index is 12.9. The fraction of sp³-hybridized carbons (Fsp3) is 0.500. The van der Waals surface area contributed by atoms with Crippen LogP contribution >= 0.6 is 0 Å². The summed E-state index contributed by atoms with van der Waals surface area (Å²) in [6.07, 6.45) is 3.30. The second-order valence-electron chi connectivity index (χ2n) is 6.20. The van der Waals surface area contributed by atoms with E-state index in [9.17, 15) is 9.59 Å². The molecule has 0 bridgehead atoms. The van der Waals surface area contributed by atoms with Crippen LogP contribution in [0.5, 0.6) is 5.75 Å². The molecule has 0 aromatic heterocycles. The molecule has 0 fully saturated rings. The number of hydrogen-bond donors (Lipinski definition) is 0. The van der Waals surface area contributed by atoms with Crippen LogP contribution < -0.4 is 4.74 Å². The van der Waals surface area contributed by atoms with Crippen molar-refractivity contribution < 1.29 is 23.8 Å². The molecule has 0 N–H and O–H groups in total. The normalized spacial score (nSPS) is 20.0. The molecule has 0 radical (unpaired) electrons. The van der Waals surface area contributed by atoms with Crippen LogP contribution in [0.2, 0.25) is 0 Å². The molecule has 1 aromatic carbocycles. The number of allylic oxidation sites excluding steroid dienone is 2. The van der Waals surface area contributed by atoms with Crippen LogP contribution in [-0.2, 0) is 25.5 Å². The minimum absolute atomic E-state index is 0.0712. The van der Waals surface area contributed by atoms with Crippen LogP contribution in [0.1, 0.15) is 38.7 Å². The van der Waals surface area contributed by atoms with Crippen molar-refractivity contribution in [2.75, 3.05) is 20.3 Å². The van der Waals surface area contributed by atoms with Gasteiger partial charge >= 0.3 is 5.97 Å². The summed E-state index contributed by atoms with van der Waals surface area (Å²) in [4.78, 5) is 25.0. The van der Waals surface area contributed by atoms with Gasteiger partial charge in [0.25, 0.3) is 0 Å². The van der Waals surface area contributed by atoms with E-state index in [0.29, 0.717) is 38.2 Å². The molecule has 0 heterocycles. The number of carbonyl (C=O) groups is 2. The van der Waals surface area contributed by atoms with Gasteiger partial charge in [0.05, 0.1) is 32.5 Å². The molecule has 2 rings (SSSR count). The van der Waals surface area contributed by atoms with Gasteiger partial charge in [-0.1, -0.05) is 12.1 Å². The number of ether oxygens (including phenoxy) is 3. The Bertz CT molecular complexity index is 649. The Hall–Kier alpha value is -2.30. The monoisotopic (exact) mass is 346 g/mol. The van der Waals surface area contributed by atoms with Gasteiger partial charge in [-0.25, -0.2) is 0 Å². The summed E-state index contributed by atoms with van der Waals surface area (Å²) in [7, 11) is 1.61. The van der Waals surface area contributed by atoms with Crippen molar-refractivity contribution in [1.82, 2.24) is 0 Å². The molecule has 1 aromatic rings. The SMILES string of the molecule is CCOC(=O)CC1(Cc2cccc(OC)c2)CCC(OCC)=CC1=O. The Morgan fingerprint density at radius 2 is 2.04 bits per heavy atom. The molecule has 1 atom stereocenters. The maximum absolute atomic E-state index is 12.9. The zero-order chi connectivity index (χ0) is 18.3. The molecule has 25 heavy (non-hydrogen) atoms. The van der Waals surface area contributed by atoms with Crippen molar-refractivity contribution in [2.24, 2.45) is 5.41 Å². The fourth-order valence-corrected chi connectivity index (χ4v) is 3.23. The van der Waals surface area contributed by atoms with E-state index in [1.807, 2.05) is 31.2 Å². The van der Waals surface area contributed by atoms with Crippen molar-refractivity contribution in [3.05, 3.63) is 41.7 Å². The molecule has 1 unspecified atom stereocenters. The summed E-state index contributed by atoms with van der Waals surface area (Å²) in [6, 6.07) is 7.60. The highest BCUT2D eigenvalue weighted by Gasteiger charge is 2.42. The Morgan fingerprint density at radius 3 is 2.68 bits per heavy atom. The van der Waals surface area contributed by atoms with Gasteiger partial charge in [0.15, 0.2) is 5.78 Å². The molecular formula is C20H26O5. The first-order valence-corrected chi connectivity index (χ1v) is 8.69. The lowest BCUT2D eigenvalue weighted by Crippen LogP contribution is -2.38. The lowest BCUT2D eigenvalue weighted by Gasteiger charge is -2.34. The van der Waals surface area contributed by atoms with Gasteiger partial charge in [-0.3, -0.25) is 9.59 Å². The third-order valence-corrected chi connectivity index (χ3v) is 4.46. The first-order valence-electron chi connectivity index (χ1n) is 8.69. The molecule has 0 spiro atoms. The van der Waals surface area contributed by atoms with E-state index >= 15 is 0 Å². The van der Waals surface area contributed by atoms with E-state index < -0.39 is 5.41 Å². The molecule has 136 valence electrons. The second-order valence-corrected chi connectivity index (χ2v) is 6.20. The average molecular weight is 346 g/mol. The third-order valence-electron chi connectivity index (χ3n) is 4.46. The predicted octanol–water partition coefficient (Wildman–Crippen LogP) is 3.46. The minimum atomic E-state index is -0.792. The molecule has 5 heteroatoms. The van der Waals surface area contributed by atoms with Crippen molar-refractivity contribution in [3.63, 3.8) is 0 Å². The molecule has 5 nitrogen and oxygen atoms in total. The van der Waals surface area contributed by atoms with E-state index in [0.717, 1.165) is 11.3 Å². The minimum Gasteiger partial charge on any atom is -0.498 e. The fourth-order valence-electron chi connectivity index (χ4n) is 3.23. The Labute approximate surface area is 149 Å². The van der Waals surface area contributed by atoms with Gasteiger partial charge < -0.3 is 14.2 Å². The molecule has 1 aliphatic rings. The average Bonchev–Trinajstić information content (AvgIpc) is 2.59. The zero-order valence-corrected chi connectivity index (χ0v) is 15.2. The van der Waals surface area contributed by atoms with Crippen LogP contribution in [0, 0.1) is 5.41 Å². The highest BCUT2D eigenvalue weighted by Crippen LogP contribution is 2.40. The lowest BCUT2D eigenvalue weighted by atomic mass is 9.69. The first kappa shape index (κ1) is 19.0. The second kappa shape index (κ2) is 8.70. The van der Waals surface area contributed by atoms with Crippen molar-refractivity contribution in [3.8, 4) is 5.75 Å². The van der Waals surface area contributed by atoms with Gasteiger partial charge in [0.2, 0.25) is 0 Å². The van der Waals surface area contributed by atoms with E-state index in [-0.39, 0.29) is 18.2 Å². The number of ketones is 1. The summed E-state index contributed by atoms with van der Waals surface area (Å²) in [6.45, 7) is 4.49. The Morgan fingerprint density at radius 1 is 1.24 bits per heavy atom. The molecule has 1 aliphatic carbocycles. The number of esters is 1. The summed E-state index contributed by atoms with van der Waals surface area (Å²) in [5.41, 5.74) is 0.171. The summed E-state index contributed by atoms with van der Waals surface area (Å²) >= 11 is 0. The highest BCUT2D eigenvalue weighted by molar-refractivity contribution is 5.98. The molecule has 0 saturated heterocycles. The van der Waals surface area contributed by atoms with E-state index in [4.69, 9.17) is 14.2 Å². The van der Waals surface area contributed by atoms with Gasteiger partial charge in [-0.05, 0) is 44.4 Å². The van der Waals surface area contributed by atoms with E-state index in [1.54, 1.807) is 20.1 Å². The van der Waals surface area contributed by atoms with Crippen LogP contribution in [0.15, 0.2) is 36.1 Å². The van der Waals surface area contributed by atoms with Crippen LogP contribution in [0.25, 0.3) is 0 Å². The van der Waals surface area contributed by atoms with Crippen LogP contribution in [0.4, 0.5) is 0 Å². The number of carbonyl (C=O) groups excluding carboxylic acids is 2. The standard InChI is InChI=1S/C20H26O5/c1-4-24-17-9-10-20(18(21)12-17,14-19(22)25-5-2)13-15-7-6-8-16(11-15)23-3/h6-8,11-12H,4-5,9-10,13-14H2,1-3H3. The van der Waals surface area contributed by atoms with Crippen LogP contribution in [-0.4, -0.2) is 32.1 Å². The van der Waals surface area contributed by atoms with Crippen LogP contribution in [0.3, 0.4) is 0 Å². The molecule has 0 amide bonds. The predicted molar refractivity (Wildman–Crippen MR) is 94.3 cm³/mol. The van der Waals surface area contributed by atoms with Gasteiger partial charge in [0, 0.05) is 17.9 Å². The van der Waals surface area contributed by atoms with Crippen molar-refractivity contribution in [2.45, 2.75) is 39.5 Å². The Kier molecular flexibility index (Phi) is 6.62. The number of hydrogen-bond acceptors (Lipinski definition) is 5. The smallest absolute Gasteiger partial charge is 0.306 e. The maximum Gasteiger partial charge on any atom is 0.306 e. The van der Waals surface area contributed by atoms with Gasteiger partial charge in [-0.2, -0.15) is 0 Å². The molecule has 0 saturated carbocycles. The molecule has 0 aliphatic heterocycles. The first-order chi connectivity index (χ1) is 12.0. The topological polar surface area (TPSA) is 61.8 Å². The highest BCUT2D eigenvalue weighted by atomic mass is 16.5. The third kappa shape index (κ3) is 4.84. The lowest BCUT2D eigenvalue weighted by molar-refractivity contribution is -0.149. The van der Waals surface area contributed by atoms with Crippen molar-refractivity contribution >= 4 is 11.8 Å². The zero-order valence-electron chi connectivity index (χ0n) is 15.2. The van der Waals surface area contributed by atoms with E-state index in [1.165, 1.54) is 0 Å².